The van der Waals surface area contributed by atoms with Crippen molar-refractivity contribution in [2.24, 2.45) is 0 Å². The van der Waals surface area contributed by atoms with Gasteiger partial charge >= 0.3 is 5.97 Å². The smallest absolute Gasteiger partial charge is 0.338 e. The Bertz CT molecular complexity index is 418. The highest BCUT2D eigenvalue weighted by molar-refractivity contribution is 5.94. The SMILES string of the molecule is C#CCNc1ccc2c(c1)C(=O)OC2. The number of ether oxygens (including phenoxy) is 1. The number of hydrogen-bond donors (Lipinski definition) is 1. The van der Waals surface area contributed by atoms with Crippen molar-refractivity contribution in [3.8, 4) is 12.3 Å². The first kappa shape index (κ1) is 8.64. The Morgan fingerprint density at radius 1 is 1.57 bits per heavy atom. The van der Waals surface area contributed by atoms with Crippen LogP contribution in [0.2, 0.25) is 0 Å². The quantitative estimate of drug-likeness (QED) is 0.561. The van der Waals surface area contributed by atoms with Gasteiger partial charge in [0.25, 0.3) is 0 Å². The molecular weight excluding hydrogens is 178 g/mol. The monoisotopic (exact) mass is 187 g/mol. The number of fused-ring (bicyclic) bond motifs is 1. The predicted molar refractivity (Wildman–Crippen MR) is 52.9 cm³/mol. The fourth-order valence-electron chi connectivity index (χ4n) is 1.38. The number of nitrogens with one attached hydrogen (secondary N) is 1. The first-order valence-corrected chi connectivity index (χ1v) is 4.28. The summed E-state index contributed by atoms with van der Waals surface area (Å²) in [5, 5.41) is 3.00. The summed E-state index contributed by atoms with van der Waals surface area (Å²) >= 11 is 0. The van der Waals surface area contributed by atoms with E-state index in [1.807, 2.05) is 12.1 Å². The van der Waals surface area contributed by atoms with Crippen molar-refractivity contribution in [1.29, 1.82) is 0 Å². The van der Waals surface area contributed by atoms with Gasteiger partial charge in [0.15, 0.2) is 0 Å². The Labute approximate surface area is 82.1 Å². The lowest BCUT2D eigenvalue weighted by Gasteiger charge is -2.02. The number of hydrogen-bond acceptors (Lipinski definition) is 3. The zero-order valence-corrected chi connectivity index (χ0v) is 7.54. The van der Waals surface area contributed by atoms with E-state index in [1.165, 1.54) is 0 Å². The van der Waals surface area contributed by atoms with Gasteiger partial charge in [-0.05, 0) is 12.1 Å². The number of carbonyl (C=O) groups is 1. The van der Waals surface area contributed by atoms with Crippen LogP contribution in [-0.4, -0.2) is 12.5 Å². The van der Waals surface area contributed by atoms with Gasteiger partial charge < -0.3 is 10.1 Å². The minimum absolute atomic E-state index is 0.260. The Morgan fingerprint density at radius 2 is 2.43 bits per heavy atom. The first-order valence-electron chi connectivity index (χ1n) is 4.28. The van der Waals surface area contributed by atoms with E-state index < -0.39 is 0 Å². The van der Waals surface area contributed by atoms with Crippen LogP contribution in [0.25, 0.3) is 0 Å². The number of esters is 1. The number of terminal acetylenes is 1. The summed E-state index contributed by atoms with van der Waals surface area (Å²) < 4.78 is 4.88. The molecular formula is C11H9NO2. The Balaban J connectivity index is 2.27. The maximum absolute atomic E-state index is 11.2. The predicted octanol–water partition coefficient (Wildman–Crippen LogP) is 1.40. The van der Waals surface area contributed by atoms with Gasteiger partial charge in [-0.1, -0.05) is 12.0 Å². The highest BCUT2D eigenvalue weighted by atomic mass is 16.5. The summed E-state index contributed by atoms with van der Waals surface area (Å²) in [6.07, 6.45) is 5.11. The van der Waals surface area contributed by atoms with E-state index in [4.69, 9.17) is 11.2 Å². The van der Waals surface area contributed by atoms with Crippen LogP contribution in [0.4, 0.5) is 5.69 Å². The third-order valence-corrected chi connectivity index (χ3v) is 2.08. The number of rotatable bonds is 2. The molecule has 0 aromatic heterocycles. The molecule has 3 heteroatoms. The second kappa shape index (κ2) is 3.43. The van der Waals surface area contributed by atoms with Crippen molar-refractivity contribution < 1.29 is 9.53 Å². The molecule has 1 aromatic rings. The van der Waals surface area contributed by atoms with Gasteiger partial charge in [-0.15, -0.1) is 6.42 Å². The van der Waals surface area contributed by atoms with E-state index >= 15 is 0 Å². The molecule has 0 aliphatic carbocycles. The molecule has 0 unspecified atom stereocenters. The molecule has 70 valence electrons. The first-order chi connectivity index (χ1) is 6.81. The van der Waals surface area contributed by atoms with Crippen LogP contribution < -0.4 is 5.32 Å². The number of anilines is 1. The molecule has 0 amide bonds. The molecule has 1 aliphatic heterocycles. The van der Waals surface area contributed by atoms with Crippen LogP contribution in [0.15, 0.2) is 18.2 Å². The zero-order chi connectivity index (χ0) is 9.97. The van der Waals surface area contributed by atoms with Gasteiger partial charge in [-0.25, -0.2) is 4.79 Å². The van der Waals surface area contributed by atoms with E-state index in [9.17, 15) is 4.79 Å². The third-order valence-electron chi connectivity index (χ3n) is 2.08. The van der Waals surface area contributed by atoms with E-state index in [1.54, 1.807) is 6.07 Å². The van der Waals surface area contributed by atoms with E-state index in [2.05, 4.69) is 11.2 Å². The van der Waals surface area contributed by atoms with E-state index in [0.29, 0.717) is 18.7 Å². The van der Waals surface area contributed by atoms with Gasteiger partial charge in [0.05, 0.1) is 12.1 Å². The molecule has 0 radical (unpaired) electrons. The molecule has 0 fully saturated rings. The number of cyclic esters (lactones) is 1. The summed E-state index contributed by atoms with van der Waals surface area (Å²) in [6, 6.07) is 5.53. The largest absolute Gasteiger partial charge is 0.457 e. The van der Waals surface area contributed by atoms with Crippen molar-refractivity contribution in [2.45, 2.75) is 6.61 Å². The van der Waals surface area contributed by atoms with Crippen LogP contribution in [0.5, 0.6) is 0 Å². The minimum atomic E-state index is -0.260. The molecule has 1 aliphatic rings. The van der Waals surface area contributed by atoms with Gasteiger partial charge in [-0.3, -0.25) is 0 Å². The zero-order valence-electron chi connectivity index (χ0n) is 7.54. The van der Waals surface area contributed by atoms with Crippen molar-refractivity contribution in [1.82, 2.24) is 0 Å². The lowest BCUT2D eigenvalue weighted by atomic mass is 10.1. The van der Waals surface area contributed by atoms with Gasteiger partial charge in [0.1, 0.15) is 6.61 Å². The molecule has 3 nitrogen and oxygen atoms in total. The lowest BCUT2D eigenvalue weighted by molar-refractivity contribution is 0.0535. The molecule has 14 heavy (non-hydrogen) atoms. The summed E-state index contributed by atoms with van der Waals surface area (Å²) in [6.45, 7) is 0.831. The molecule has 0 bridgehead atoms. The Kier molecular flexibility index (Phi) is 2.11. The Hall–Kier alpha value is -1.95. The fraction of sp³-hybridized carbons (Fsp3) is 0.182. The standard InChI is InChI=1S/C11H9NO2/c1-2-5-12-9-4-3-8-7-14-11(13)10(8)6-9/h1,3-4,6,12H,5,7H2. The molecule has 0 saturated carbocycles. The van der Waals surface area contributed by atoms with Crippen LogP contribution in [0, 0.1) is 12.3 Å². The van der Waals surface area contributed by atoms with Crippen molar-refractivity contribution in [3.63, 3.8) is 0 Å². The van der Waals surface area contributed by atoms with Crippen molar-refractivity contribution in [3.05, 3.63) is 29.3 Å². The maximum atomic E-state index is 11.2. The normalized spacial score (nSPS) is 12.9. The van der Waals surface area contributed by atoms with E-state index in [-0.39, 0.29) is 5.97 Å². The van der Waals surface area contributed by atoms with Crippen LogP contribution in [0.3, 0.4) is 0 Å². The lowest BCUT2D eigenvalue weighted by Crippen LogP contribution is -2.00. The number of benzene rings is 1. The van der Waals surface area contributed by atoms with Gasteiger partial charge in [0, 0.05) is 11.3 Å². The third kappa shape index (κ3) is 1.42. The average Bonchev–Trinajstić information content (AvgIpc) is 2.57. The minimum Gasteiger partial charge on any atom is -0.457 e. The fourth-order valence-corrected chi connectivity index (χ4v) is 1.38. The van der Waals surface area contributed by atoms with Crippen LogP contribution >= 0.6 is 0 Å². The molecule has 0 atom stereocenters. The average molecular weight is 187 g/mol. The molecule has 0 saturated heterocycles. The highest BCUT2D eigenvalue weighted by Gasteiger charge is 2.20. The van der Waals surface area contributed by atoms with Crippen LogP contribution in [-0.2, 0) is 11.3 Å². The Morgan fingerprint density at radius 3 is 3.21 bits per heavy atom. The molecule has 0 spiro atoms. The van der Waals surface area contributed by atoms with Gasteiger partial charge in [-0.2, -0.15) is 0 Å². The summed E-state index contributed by atoms with van der Waals surface area (Å²) in [5.74, 6) is 2.21. The summed E-state index contributed by atoms with van der Waals surface area (Å²) in [5.41, 5.74) is 2.41. The topological polar surface area (TPSA) is 38.3 Å². The van der Waals surface area contributed by atoms with Crippen LogP contribution in [0.1, 0.15) is 15.9 Å². The second-order valence-electron chi connectivity index (χ2n) is 3.01. The molecule has 2 rings (SSSR count). The van der Waals surface area contributed by atoms with Crippen molar-refractivity contribution in [2.75, 3.05) is 11.9 Å². The molecule has 1 heterocycles. The molecule has 1 N–H and O–H groups in total. The van der Waals surface area contributed by atoms with Gasteiger partial charge in [0.2, 0.25) is 0 Å². The maximum Gasteiger partial charge on any atom is 0.338 e. The second-order valence-corrected chi connectivity index (χ2v) is 3.01. The summed E-state index contributed by atoms with van der Waals surface area (Å²) in [7, 11) is 0. The molecule has 1 aromatic carbocycles. The van der Waals surface area contributed by atoms with E-state index in [0.717, 1.165) is 11.3 Å². The van der Waals surface area contributed by atoms with Crippen molar-refractivity contribution >= 4 is 11.7 Å². The summed E-state index contributed by atoms with van der Waals surface area (Å²) in [4.78, 5) is 11.2. The highest BCUT2D eigenvalue weighted by Crippen LogP contribution is 2.22. The number of carbonyl (C=O) groups excluding carboxylic acids is 1.